The van der Waals surface area contributed by atoms with E-state index in [0.29, 0.717) is 13.2 Å². The van der Waals surface area contributed by atoms with E-state index < -0.39 is 5.91 Å². The zero-order valence-corrected chi connectivity index (χ0v) is 19.0. The summed E-state index contributed by atoms with van der Waals surface area (Å²) >= 11 is 0. The van der Waals surface area contributed by atoms with Gasteiger partial charge in [0.1, 0.15) is 17.1 Å². The summed E-state index contributed by atoms with van der Waals surface area (Å²) in [7, 11) is 1.60. The largest absolute Gasteiger partial charge is 0.497 e. The maximum absolute atomic E-state index is 12.7. The third-order valence-corrected chi connectivity index (χ3v) is 5.05. The van der Waals surface area contributed by atoms with Crippen LogP contribution >= 0.6 is 0 Å². The summed E-state index contributed by atoms with van der Waals surface area (Å²) < 4.78 is 12.3. The van der Waals surface area contributed by atoms with Gasteiger partial charge in [-0.3, -0.25) is 9.59 Å². The number of hydrogen-bond donors (Lipinski definition) is 1. The molecule has 0 bridgehead atoms. The molecular formula is C26H29N3O4. The van der Waals surface area contributed by atoms with Gasteiger partial charge in [0.05, 0.1) is 26.5 Å². The van der Waals surface area contributed by atoms with Crippen LogP contribution in [0, 0.1) is 0 Å². The third kappa shape index (κ3) is 7.07. The van der Waals surface area contributed by atoms with Crippen LogP contribution in [0.25, 0.3) is 0 Å². The monoisotopic (exact) mass is 447 g/mol. The highest BCUT2D eigenvalue weighted by atomic mass is 16.5. The molecule has 0 aliphatic rings. The first-order valence-electron chi connectivity index (χ1n) is 11.0. The lowest BCUT2D eigenvalue weighted by molar-refractivity contribution is 0.0953. The van der Waals surface area contributed by atoms with Gasteiger partial charge in [-0.05, 0) is 66.1 Å². The van der Waals surface area contributed by atoms with Gasteiger partial charge in [0.2, 0.25) is 0 Å². The fourth-order valence-electron chi connectivity index (χ4n) is 3.18. The summed E-state index contributed by atoms with van der Waals surface area (Å²) in [6, 6.07) is 18.0. The van der Waals surface area contributed by atoms with E-state index in [4.69, 9.17) is 9.47 Å². The number of aromatic nitrogens is 1. The molecule has 3 rings (SSSR count). The Morgan fingerprint density at radius 1 is 1.03 bits per heavy atom. The fraction of sp³-hybridized carbons (Fsp3) is 0.269. The number of hydrazone groups is 1. The molecule has 0 saturated heterocycles. The van der Waals surface area contributed by atoms with Crippen LogP contribution in [-0.4, -0.2) is 30.4 Å². The molecule has 172 valence electrons. The van der Waals surface area contributed by atoms with Crippen molar-refractivity contribution in [3.8, 4) is 11.5 Å². The molecule has 33 heavy (non-hydrogen) atoms. The highest BCUT2D eigenvalue weighted by molar-refractivity contribution is 5.94. The number of benzene rings is 2. The van der Waals surface area contributed by atoms with Crippen LogP contribution in [0.15, 0.2) is 76.8 Å². The standard InChI is InChI=1S/C26H29N3O4/c1-3-4-5-17-33-23-14-8-20(9-15-23)18-27-28-25(30)24-7-6-16-29(26(24)31)19-21-10-12-22(32-2)13-11-21/h6-16,18H,3-5,17,19H2,1-2H3,(H,28,30)/b27-18-. The van der Waals surface area contributed by atoms with E-state index in [1.54, 1.807) is 19.4 Å². The molecule has 1 N–H and O–H groups in total. The number of ether oxygens (including phenoxy) is 2. The second kappa shape index (κ2) is 12.2. The van der Waals surface area contributed by atoms with Gasteiger partial charge < -0.3 is 14.0 Å². The zero-order valence-electron chi connectivity index (χ0n) is 19.0. The average Bonchev–Trinajstić information content (AvgIpc) is 2.84. The minimum atomic E-state index is -0.559. The molecule has 2 aromatic carbocycles. The van der Waals surface area contributed by atoms with Gasteiger partial charge >= 0.3 is 0 Å². The lowest BCUT2D eigenvalue weighted by atomic mass is 10.2. The van der Waals surface area contributed by atoms with Crippen LogP contribution in [0.1, 0.15) is 47.7 Å². The Morgan fingerprint density at radius 2 is 1.76 bits per heavy atom. The summed E-state index contributed by atoms with van der Waals surface area (Å²) in [6.45, 7) is 3.20. The number of pyridine rings is 1. The van der Waals surface area contributed by atoms with E-state index in [-0.39, 0.29) is 11.1 Å². The Hall–Kier alpha value is -3.87. The Bertz CT molecular complexity index is 1120. The number of nitrogens with one attached hydrogen (secondary N) is 1. The van der Waals surface area contributed by atoms with E-state index in [9.17, 15) is 9.59 Å². The molecule has 0 radical (unpaired) electrons. The quantitative estimate of drug-likeness (QED) is 0.271. The molecule has 7 nitrogen and oxygen atoms in total. The summed E-state index contributed by atoms with van der Waals surface area (Å²) in [5, 5.41) is 3.98. The number of nitrogens with zero attached hydrogens (tertiary/aromatic N) is 2. The van der Waals surface area contributed by atoms with Crippen molar-refractivity contribution in [2.75, 3.05) is 13.7 Å². The van der Waals surface area contributed by atoms with E-state index in [2.05, 4.69) is 17.5 Å². The molecule has 0 fully saturated rings. The van der Waals surface area contributed by atoms with Crippen LogP contribution in [0.5, 0.6) is 11.5 Å². The van der Waals surface area contributed by atoms with Gasteiger partial charge in [0.15, 0.2) is 0 Å². The molecule has 0 aliphatic heterocycles. The average molecular weight is 448 g/mol. The van der Waals surface area contributed by atoms with Crippen molar-refractivity contribution >= 4 is 12.1 Å². The predicted molar refractivity (Wildman–Crippen MR) is 129 cm³/mol. The van der Waals surface area contributed by atoms with Gasteiger partial charge in [0, 0.05) is 6.20 Å². The molecule has 3 aromatic rings. The van der Waals surface area contributed by atoms with Crippen LogP contribution in [0.3, 0.4) is 0 Å². The Kier molecular flexibility index (Phi) is 8.82. The maximum Gasteiger partial charge on any atom is 0.276 e. The summed E-state index contributed by atoms with van der Waals surface area (Å²) in [5.74, 6) is 0.983. The summed E-state index contributed by atoms with van der Waals surface area (Å²) in [4.78, 5) is 25.2. The van der Waals surface area contributed by atoms with E-state index in [0.717, 1.165) is 41.9 Å². The summed E-state index contributed by atoms with van der Waals surface area (Å²) in [6.07, 6.45) is 6.52. The van der Waals surface area contributed by atoms with E-state index in [1.807, 2.05) is 48.5 Å². The van der Waals surface area contributed by atoms with Crippen molar-refractivity contribution in [2.24, 2.45) is 5.10 Å². The number of unbranched alkanes of at least 4 members (excludes halogenated alkanes) is 2. The van der Waals surface area contributed by atoms with Crippen LogP contribution in [0.4, 0.5) is 0 Å². The van der Waals surface area contributed by atoms with Gasteiger partial charge in [-0.2, -0.15) is 5.10 Å². The number of carbonyl (C=O) groups is 1. The second-order valence-corrected chi connectivity index (χ2v) is 7.53. The van der Waals surface area contributed by atoms with Crippen molar-refractivity contribution in [3.63, 3.8) is 0 Å². The van der Waals surface area contributed by atoms with Crippen LogP contribution in [0.2, 0.25) is 0 Å². The molecule has 1 heterocycles. The highest BCUT2D eigenvalue weighted by Crippen LogP contribution is 2.13. The van der Waals surface area contributed by atoms with E-state index in [1.165, 1.54) is 16.8 Å². The number of methoxy groups -OCH3 is 1. The SMILES string of the molecule is CCCCCOc1ccc(/C=N\NC(=O)c2cccn(Cc3ccc(OC)cc3)c2=O)cc1. The minimum absolute atomic E-state index is 0.0268. The third-order valence-electron chi connectivity index (χ3n) is 5.05. The van der Waals surface area contributed by atoms with Gasteiger partial charge in [-0.25, -0.2) is 5.43 Å². The van der Waals surface area contributed by atoms with Crippen molar-refractivity contribution in [3.05, 3.63) is 93.9 Å². The highest BCUT2D eigenvalue weighted by Gasteiger charge is 2.11. The smallest absolute Gasteiger partial charge is 0.276 e. The lowest BCUT2D eigenvalue weighted by Crippen LogP contribution is -2.30. The molecule has 7 heteroatoms. The normalized spacial score (nSPS) is 10.8. The Labute approximate surface area is 193 Å². The van der Waals surface area contributed by atoms with Crippen molar-refractivity contribution in [2.45, 2.75) is 32.7 Å². The summed E-state index contributed by atoms with van der Waals surface area (Å²) in [5.41, 5.74) is 3.80. The number of hydrogen-bond acceptors (Lipinski definition) is 5. The minimum Gasteiger partial charge on any atom is -0.497 e. The van der Waals surface area contributed by atoms with Crippen LogP contribution in [-0.2, 0) is 6.54 Å². The number of rotatable bonds is 11. The predicted octanol–water partition coefficient (Wildman–Crippen LogP) is 4.24. The number of carbonyl (C=O) groups excluding carboxylic acids is 1. The lowest BCUT2D eigenvalue weighted by Gasteiger charge is -2.08. The topological polar surface area (TPSA) is 81.9 Å². The zero-order chi connectivity index (χ0) is 23.5. The van der Waals surface area contributed by atoms with Crippen molar-refractivity contribution in [1.29, 1.82) is 0 Å². The first-order valence-corrected chi connectivity index (χ1v) is 11.0. The van der Waals surface area contributed by atoms with Crippen molar-refractivity contribution in [1.82, 2.24) is 9.99 Å². The fourth-order valence-corrected chi connectivity index (χ4v) is 3.18. The maximum atomic E-state index is 12.7. The molecule has 1 amide bonds. The van der Waals surface area contributed by atoms with Gasteiger partial charge in [-0.1, -0.05) is 31.9 Å². The molecule has 0 aliphatic carbocycles. The van der Waals surface area contributed by atoms with E-state index >= 15 is 0 Å². The molecule has 0 unspecified atom stereocenters. The molecule has 1 aromatic heterocycles. The van der Waals surface area contributed by atoms with Gasteiger partial charge in [0.25, 0.3) is 11.5 Å². The molecular weight excluding hydrogens is 418 g/mol. The Morgan fingerprint density at radius 3 is 2.45 bits per heavy atom. The molecule has 0 saturated carbocycles. The first kappa shape index (κ1) is 23.8. The first-order chi connectivity index (χ1) is 16.1. The second-order valence-electron chi connectivity index (χ2n) is 7.53. The Balaban J connectivity index is 1.58. The number of amides is 1. The van der Waals surface area contributed by atoms with Crippen LogP contribution < -0.4 is 20.5 Å². The molecule has 0 spiro atoms. The van der Waals surface area contributed by atoms with Crippen molar-refractivity contribution < 1.29 is 14.3 Å². The molecule has 0 atom stereocenters. The van der Waals surface area contributed by atoms with Gasteiger partial charge in [-0.15, -0.1) is 0 Å².